The highest BCUT2D eigenvalue weighted by Crippen LogP contribution is 2.45. The second-order valence-electron chi connectivity index (χ2n) is 5.88. The Hall–Kier alpha value is -2.36. The summed E-state index contributed by atoms with van der Waals surface area (Å²) in [7, 11) is 10.4. The topological polar surface area (TPSA) is 21.8 Å². The first-order valence-corrected chi connectivity index (χ1v) is 7.11. The van der Waals surface area contributed by atoms with E-state index in [9.17, 15) is 0 Å². The first kappa shape index (κ1) is 13.6. The monoisotopic (exact) mass is 282 g/mol. The smallest absolute Gasteiger partial charge is 0.0668 e. The quantitative estimate of drug-likeness (QED) is 0.907. The standard InChI is InChI=1S/C17H22N4/c1-19(2)12-6-8-14-16(10-12)21(5)17-11-13(20(3)4)7-9-15(17)18-14/h6-11,18H,1-5H3. The fourth-order valence-electron chi connectivity index (χ4n) is 2.64. The third-order valence-corrected chi connectivity index (χ3v) is 3.99. The molecule has 21 heavy (non-hydrogen) atoms. The maximum Gasteiger partial charge on any atom is 0.0668 e. The van der Waals surface area contributed by atoms with Crippen molar-refractivity contribution in [2.75, 3.05) is 55.3 Å². The molecule has 0 aliphatic carbocycles. The number of hydrogen-bond donors (Lipinski definition) is 1. The van der Waals surface area contributed by atoms with Crippen molar-refractivity contribution in [2.45, 2.75) is 0 Å². The van der Waals surface area contributed by atoms with Crippen LogP contribution in [0.3, 0.4) is 0 Å². The Bertz CT molecular complexity index is 619. The maximum absolute atomic E-state index is 3.52. The number of benzene rings is 2. The van der Waals surface area contributed by atoms with Crippen LogP contribution in [0.25, 0.3) is 0 Å². The molecule has 1 heterocycles. The van der Waals surface area contributed by atoms with Crippen LogP contribution >= 0.6 is 0 Å². The van der Waals surface area contributed by atoms with Crippen LogP contribution in [0.2, 0.25) is 0 Å². The Morgan fingerprint density at radius 1 is 0.762 bits per heavy atom. The van der Waals surface area contributed by atoms with Crippen LogP contribution in [0.1, 0.15) is 0 Å². The molecule has 0 saturated carbocycles. The van der Waals surface area contributed by atoms with Crippen molar-refractivity contribution in [3.8, 4) is 0 Å². The molecule has 0 fully saturated rings. The van der Waals surface area contributed by atoms with Crippen molar-refractivity contribution in [3.05, 3.63) is 36.4 Å². The summed E-state index contributed by atoms with van der Waals surface area (Å²) in [6.45, 7) is 0. The van der Waals surface area contributed by atoms with Crippen LogP contribution in [0, 0.1) is 0 Å². The summed E-state index contributed by atoms with van der Waals surface area (Å²) in [6, 6.07) is 13.0. The lowest BCUT2D eigenvalue weighted by Crippen LogP contribution is -2.19. The number of rotatable bonds is 2. The first-order chi connectivity index (χ1) is 9.97. The minimum atomic E-state index is 1.15. The zero-order valence-electron chi connectivity index (χ0n) is 13.3. The van der Waals surface area contributed by atoms with Gasteiger partial charge in [-0.15, -0.1) is 0 Å². The zero-order valence-corrected chi connectivity index (χ0v) is 13.3. The lowest BCUT2D eigenvalue weighted by molar-refractivity contribution is 1.11. The second kappa shape index (κ2) is 4.88. The van der Waals surface area contributed by atoms with Gasteiger partial charge in [0.1, 0.15) is 0 Å². The van der Waals surface area contributed by atoms with Gasteiger partial charge in [-0.3, -0.25) is 0 Å². The highest BCUT2D eigenvalue weighted by molar-refractivity contribution is 5.94. The van der Waals surface area contributed by atoms with E-state index < -0.39 is 0 Å². The molecule has 0 spiro atoms. The molecule has 1 aliphatic heterocycles. The number of nitrogens with zero attached hydrogens (tertiary/aromatic N) is 3. The lowest BCUT2D eigenvalue weighted by atomic mass is 10.1. The predicted molar refractivity (Wildman–Crippen MR) is 92.9 cm³/mol. The van der Waals surface area contributed by atoms with Gasteiger partial charge in [0.25, 0.3) is 0 Å². The van der Waals surface area contributed by atoms with Gasteiger partial charge >= 0.3 is 0 Å². The molecule has 0 bridgehead atoms. The summed E-state index contributed by atoms with van der Waals surface area (Å²) >= 11 is 0. The van der Waals surface area contributed by atoms with Crippen molar-refractivity contribution >= 4 is 34.1 Å². The van der Waals surface area contributed by atoms with E-state index in [1.807, 2.05) is 0 Å². The Balaban J connectivity index is 2.07. The molecule has 2 aromatic rings. The molecule has 110 valence electrons. The van der Waals surface area contributed by atoms with E-state index in [0.717, 1.165) is 11.4 Å². The molecule has 2 aromatic carbocycles. The Kier molecular flexibility index (Phi) is 3.16. The SMILES string of the molecule is CN(C)c1ccc2c(c1)N(C)c1cc(N(C)C)ccc1N2. The predicted octanol–water partition coefficient (Wildman–Crippen LogP) is 3.64. The molecule has 0 atom stereocenters. The number of fused-ring (bicyclic) bond motifs is 2. The summed E-state index contributed by atoms with van der Waals surface area (Å²) in [5.74, 6) is 0. The van der Waals surface area contributed by atoms with Crippen LogP contribution in [-0.4, -0.2) is 35.2 Å². The molecule has 0 saturated heterocycles. The minimum absolute atomic E-state index is 1.15. The number of hydrogen-bond acceptors (Lipinski definition) is 4. The van der Waals surface area contributed by atoms with Crippen molar-refractivity contribution in [2.24, 2.45) is 0 Å². The molecule has 1 aliphatic rings. The summed E-state index contributed by atoms with van der Waals surface area (Å²) in [4.78, 5) is 6.50. The minimum Gasteiger partial charge on any atom is -0.378 e. The third kappa shape index (κ3) is 2.27. The van der Waals surface area contributed by atoms with Gasteiger partial charge in [-0.05, 0) is 36.4 Å². The van der Waals surface area contributed by atoms with Gasteiger partial charge in [0, 0.05) is 46.6 Å². The summed E-state index contributed by atoms with van der Waals surface area (Å²) in [5.41, 5.74) is 7.10. The molecule has 3 rings (SSSR count). The van der Waals surface area contributed by atoms with Crippen molar-refractivity contribution < 1.29 is 0 Å². The van der Waals surface area contributed by atoms with Crippen LogP contribution in [0.5, 0.6) is 0 Å². The van der Waals surface area contributed by atoms with Crippen LogP contribution < -0.4 is 20.0 Å². The molecule has 0 radical (unpaired) electrons. The molecule has 4 heteroatoms. The van der Waals surface area contributed by atoms with E-state index in [2.05, 4.69) is 91.7 Å². The van der Waals surface area contributed by atoms with Crippen molar-refractivity contribution in [3.63, 3.8) is 0 Å². The van der Waals surface area contributed by atoms with E-state index in [4.69, 9.17) is 0 Å². The maximum atomic E-state index is 3.52. The molecule has 0 aromatic heterocycles. The molecule has 1 N–H and O–H groups in total. The Morgan fingerprint density at radius 2 is 1.19 bits per heavy atom. The highest BCUT2D eigenvalue weighted by Gasteiger charge is 2.20. The van der Waals surface area contributed by atoms with E-state index >= 15 is 0 Å². The Labute approximate surface area is 126 Å². The van der Waals surface area contributed by atoms with E-state index in [-0.39, 0.29) is 0 Å². The average molecular weight is 282 g/mol. The number of anilines is 6. The first-order valence-electron chi connectivity index (χ1n) is 7.11. The fourth-order valence-corrected chi connectivity index (χ4v) is 2.64. The van der Waals surface area contributed by atoms with E-state index in [1.54, 1.807) is 0 Å². The fraction of sp³-hybridized carbons (Fsp3) is 0.294. The third-order valence-electron chi connectivity index (χ3n) is 3.99. The molecule has 0 unspecified atom stereocenters. The van der Waals surface area contributed by atoms with Crippen LogP contribution in [0.4, 0.5) is 34.1 Å². The molecular weight excluding hydrogens is 260 g/mol. The van der Waals surface area contributed by atoms with Crippen molar-refractivity contribution in [1.82, 2.24) is 0 Å². The van der Waals surface area contributed by atoms with Crippen LogP contribution in [0.15, 0.2) is 36.4 Å². The largest absolute Gasteiger partial charge is 0.378 e. The van der Waals surface area contributed by atoms with Crippen molar-refractivity contribution in [1.29, 1.82) is 0 Å². The second-order valence-corrected chi connectivity index (χ2v) is 5.88. The lowest BCUT2D eigenvalue weighted by Gasteiger charge is -2.32. The summed E-state index contributed by atoms with van der Waals surface area (Å²) in [6.07, 6.45) is 0. The van der Waals surface area contributed by atoms with Gasteiger partial charge in [-0.2, -0.15) is 0 Å². The molecular formula is C17H22N4. The molecule has 0 amide bonds. The highest BCUT2D eigenvalue weighted by atomic mass is 15.2. The summed E-state index contributed by atoms with van der Waals surface area (Å²) < 4.78 is 0. The van der Waals surface area contributed by atoms with Gasteiger partial charge in [0.05, 0.1) is 22.7 Å². The van der Waals surface area contributed by atoms with E-state index in [1.165, 1.54) is 22.7 Å². The van der Waals surface area contributed by atoms with Crippen LogP contribution in [-0.2, 0) is 0 Å². The zero-order chi connectivity index (χ0) is 15.1. The van der Waals surface area contributed by atoms with Gasteiger partial charge in [0.2, 0.25) is 0 Å². The summed E-state index contributed by atoms with van der Waals surface area (Å²) in [5, 5.41) is 3.52. The Morgan fingerprint density at radius 3 is 1.57 bits per heavy atom. The van der Waals surface area contributed by atoms with Gasteiger partial charge in [0.15, 0.2) is 0 Å². The average Bonchev–Trinajstić information content (AvgIpc) is 2.46. The van der Waals surface area contributed by atoms with Gasteiger partial charge in [-0.1, -0.05) is 0 Å². The number of nitrogens with one attached hydrogen (secondary N) is 1. The van der Waals surface area contributed by atoms with E-state index in [0.29, 0.717) is 0 Å². The molecule has 4 nitrogen and oxygen atoms in total. The van der Waals surface area contributed by atoms with Gasteiger partial charge in [-0.25, -0.2) is 0 Å². The van der Waals surface area contributed by atoms with Gasteiger partial charge < -0.3 is 20.0 Å². The normalized spacial score (nSPS) is 12.3.